The Morgan fingerprint density at radius 2 is 1.52 bits per heavy atom. The molecule has 1 aromatic heterocycles. The Hall–Kier alpha value is -3.09. The summed E-state index contributed by atoms with van der Waals surface area (Å²) in [5.74, 6) is 3.77. The standard InChI is InChI=1S/C33H33ClN4OS/c34-27-8-12-29(13-9-27)38-30(17-22-4-2-1-3-5-22)36-37-32(38)40-21-31(39)35-28-10-6-26(7-11-28)33-18-23-14-24(19-33)16-25(15-23)20-33/h1-13,23-25H,14-21H2,(H,35,39). The third-order valence-corrected chi connectivity index (χ3v) is 10.3. The topological polar surface area (TPSA) is 59.8 Å². The van der Waals surface area contributed by atoms with Crippen molar-refractivity contribution in [1.29, 1.82) is 0 Å². The van der Waals surface area contributed by atoms with Crippen molar-refractivity contribution in [3.8, 4) is 5.69 Å². The molecule has 7 heteroatoms. The fourth-order valence-electron chi connectivity index (χ4n) is 7.83. The molecule has 1 amide bonds. The molecule has 40 heavy (non-hydrogen) atoms. The molecule has 3 aromatic carbocycles. The Kier molecular flexibility index (Phi) is 6.92. The first kappa shape index (κ1) is 25.8. The molecule has 4 aliphatic carbocycles. The monoisotopic (exact) mass is 568 g/mol. The molecule has 0 unspecified atom stereocenters. The molecule has 4 fully saturated rings. The average molecular weight is 569 g/mol. The first-order valence-electron chi connectivity index (χ1n) is 14.3. The van der Waals surface area contributed by atoms with Crippen LogP contribution in [-0.2, 0) is 16.6 Å². The second-order valence-electron chi connectivity index (χ2n) is 12.0. The van der Waals surface area contributed by atoms with E-state index in [0.717, 1.165) is 40.5 Å². The maximum absolute atomic E-state index is 13.0. The predicted octanol–water partition coefficient (Wildman–Crippen LogP) is 7.71. The van der Waals surface area contributed by atoms with Crippen molar-refractivity contribution >= 4 is 35.0 Å². The summed E-state index contributed by atoms with van der Waals surface area (Å²) in [6.45, 7) is 0. The SMILES string of the molecule is O=C(CSc1nnc(Cc2ccccc2)n1-c1ccc(Cl)cc1)Nc1ccc(C23CC4CC(CC(C4)C2)C3)cc1. The van der Waals surface area contributed by atoms with Crippen LogP contribution in [0, 0.1) is 17.8 Å². The minimum absolute atomic E-state index is 0.0529. The van der Waals surface area contributed by atoms with Crippen LogP contribution in [0.2, 0.25) is 5.02 Å². The summed E-state index contributed by atoms with van der Waals surface area (Å²) in [5.41, 5.74) is 4.76. The van der Waals surface area contributed by atoms with Gasteiger partial charge in [0.25, 0.3) is 0 Å². The molecule has 4 bridgehead atoms. The van der Waals surface area contributed by atoms with Gasteiger partial charge in [0.1, 0.15) is 5.82 Å². The van der Waals surface area contributed by atoms with E-state index in [-0.39, 0.29) is 11.7 Å². The minimum atomic E-state index is -0.0529. The van der Waals surface area contributed by atoms with Crippen molar-refractivity contribution in [1.82, 2.24) is 14.8 Å². The Morgan fingerprint density at radius 3 is 2.17 bits per heavy atom. The number of carbonyl (C=O) groups is 1. The van der Waals surface area contributed by atoms with E-state index < -0.39 is 0 Å². The lowest BCUT2D eigenvalue weighted by Crippen LogP contribution is -2.48. The second-order valence-corrected chi connectivity index (χ2v) is 13.4. The Balaban J connectivity index is 1.03. The highest BCUT2D eigenvalue weighted by molar-refractivity contribution is 7.99. The molecular formula is C33H33ClN4OS. The van der Waals surface area contributed by atoms with Crippen LogP contribution in [0.1, 0.15) is 55.5 Å². The van der Waals surface area contributed by atoms with Crippen molar-refractivity contribution in [2.45, 2.75) is 55.5 Å². The van der Waals surface area contributed by atoms with E-state index >= 15 is 0 Å². The van der Waals surface area contributed by atoms with Crippen LogP contribution in [0.25, 0.3) is 5.69 Å². The third-order valence-electron chi connectivity index (χ3n) is 9.14. The lowest BCUT2D eigenvalue weighted by Gasteiger charge is -2.57. The van der Waals surface area contributed by atoms with Crippen LogP contribution in [-0.4, -0.2) is 26.4 Å². The van der Waals surface area contributed by atoms with E-state index in [1.165, 1.54) is 55.9 Å². The summed E-state index contributed by atoms with van der Waals surface area (Å²) in [4.78, 5) is 13.0. The lowest BCUT2D eigenvalue weighted by molar-refractivity contribution is -0.113. The maximum atomic E-state index is 13.0. The zero-order valence-corrected chi connectivity index (χ0v) is 24.0. The summed E-state index contributed by atoms with van der Waals surface area (Å²) in [7, 11) is 0. The Morgan fingerprint density at radius 1 is 0.875 bits per heavy atom. The highest BCUT2D eigenvalue weighted by atomic mass is 35.5. The number of nitrogens with zero attached hydrogens (tertiary/aromatic N) is 3. The van der Waals surface area contributed by atoms with Gasteiger partial charge in [-0.05, 0) is 109 Å². The molecule has 0 radical (unpaired) electrons. The molecule has 4 aliphatic rings. The van der Waals surface area contributed by atoms with Gasteiger partial charge in [-0.15, -0.1) is 10.2 Å². The molecule has 0 aliphatic heterocycles. The smallest absolute Gasteiger partial charge is 0.234 e. The van der Waals surface area contributed by atoms with E-state index in [9.17, 15) is 4.79 Å². The van der Waals surface area contributed by atoms with Crippen LogP contribution in [0.15, 0.2) is 84.0 Å². The van der Waals surface area contributed by atoms with Crippen molar-refractivity contribution in [3.05, 3.63) is 101 Å². The van der Waals surface area contributed by atoms with Crippen LogP contribution >= 0.6 is 23.4 Å². The maximum Gasteiger partial charge on any atom is 0.234 e. The number of rotatable bonds is 8. The zero-order chi connectivity index (χ0) is 27.1. The number of nitrogens with one attached hydrogen (secondary N) is 1. The zero-order valence-electron chi connectivity index (χ0n) is 22.4. The van der Waals surface area contributed by atoms with Crippen molar-refractivity contribution in [2.24, 2.45) is 17.8 Å². The molecular weight excluding hydrogens is 536 g/mol. The second kappa shape index (κ2) is 10.7. The van der Waals surface area contributed by atoms with Gasteiger partial charge in [0, 0.05) is 22.8 Å². The summed E-state index contributed by atoms with van der Waals surface area (Å²) in [5, 5.41) is 13.4. The van der Waals surface area contributed by atoms with Crippen LogP contribution in [0.3, 0.4) is 0 Å². The third kappa shape index (κ3) is 5.19. The number of benzene rings is 3. The van der Waals surface area contributed by atoms with Crippen molar-refractivity contribution < 1.29 is 4.79 Å². The summed E-state index contributed by atoms with van der Waals surface area (Å²) in [6, 6.07) is 26.5. The van der Waals surface area contributed by atoms with Gasteiger partial charge in [-0.25, -0.2) is 0 Å². The van der Waals surface area contributed by atoms with E-state index in [1.807, 2.05) is 47.0 Å². The van der Waals surface area contributed by atoms with Crippen molar-refractivity contribution in [3.63, 3.8) is 0 Å². The molecule has 0 atom stereocenters. The molecule has 0 spiro atoms. The fourth-order valence-corrected chi connectivity index (χ4v) is 8.73. The number of hydrogen-bond donors (Lipinski definition) is 1. The van der Waals surface area contributed by atoms with E-state index in [0.29, 0.717) is 22.0 Å². The highest BCUT2D eigenvalue weighted by Crippen LogP contribution is 2.60. The molecule has 4 aromatic rings. The van der Waals surface area contributed by atoms with Gasteiger partial charge in [-0.1, -0.05) is 65.8 Å². The summed E-state index contributed by atoms with van der Waals surface area (Å²) < 4.78 is 2.02. The normalized spacial score (nSPS) is 24.8. The average Bonchev–Trinajstić information content (AvgIpc) is 3.34. The quantitative estimate of drug-likeness (QED) is 0.221. The molecule has 0 saturated heterocycles. The molecule has 204 valence electrons. The number of anilines is 1. The van der Waals surface area contributed by atoms with E-state index in [2.05, 4.69) is 51.9 Å². The van der Waals surface area contributed by atoms with Crippen molar-refractivity contribution in [2.75, 3.05) is 11.1 Å². The lowest BCUT2D eigenvalue weighted by atomic mass is 9.48. The predicted molar refractivity (Wildman–Crippen MR) is 161 cm³/mol. The molecule has 4 saturated carbocycles. The first-order chi connectivity index (χ1) is 19.5. The van der Waals surface area contributed by atoms with Gasteiger partial charge in [-0.3, -0.25) is 9.36 Å². The number of hydrogen-bond acceptors (Lipinski definition) is 4. The van der Waals surface area contributed by atoms with Gasteiger partial charge in [-0.2, -0.15) is 0 Å². The van der Waals surface area contributed by atoms with Crippen LogP contribution in [0.4, 0.5) is 5.69 Å². The van der Waals surface area contributed by atoms with Crippen LogP contribution in [0.5, 0.6) is 0 Å². The molecule has 1 N–H and O–H groups in total. The van der Waals surface area contributed by atoms with E-state index in [1.54, 1.807) is 0 Å². The molecule has 5 nitrogen and oxygen atoms in total. The Bertz CT molecular complexity index is 1460. The number of thioether (sulfide) groups is 1. The Labute approximate surface area is 244 Å². The number of halogens is 1. The van der Waals surface area contributed by atoms with Gasteiger partial charge >= 0.3 is 0 Å². The summed E-state index contributed by atoms with van der Waals surface area (Å²) >= 11 is 7.54. The first-order valence-corrected chi connectivity index (χ1v) is 15.7. The van der Waals surface area contributed by atoms with Gasteiger partial charge in [0.2, 0.25) is 5.91 Å². The highest BCUT2D eigenvalue weighted by Gasteiger charge is 2.51. The van der Waals surface area contributed by atoms with Gasteiger partial charge in [0.05, 0.1) is 5.75 Å². The number of aromatic nitrogens is 3. The van der Waals surface area contributed by atoms with Crippen LogP contribution < -0.4 is 5.32 Å². The summed E-state index contributed by atoms with van der Waals surface area (Å²) in [6.07, 6.45) is 9.03. The largest absolute Gasteiger partial charge is 0.325 e. The molecule has 8 rings (SSSR count). The van der Waals surface area contributed by atoms with E-state index in [4.69, 9.17) is 11.6 Å². The number of carbonyl (C=O) groups excluding carboxylic acids is 1. The van der Waals surface area contributed by atoms with Gasteiger partial charge in [0.15, 0.2) is 5.16 Å². The number of amides is 1. The fraction of sp³-hybridized carbons (Fsp3) is 0.364. The molecule has 1 heterocycles. The minimum Gasteiger partial charge on any atom is -0.325 e. The van der Waals surface area contributed by atoms with Gasteiger partial charge < -0.3 is 5.32 Å².